The molecular weight excluding hydrogens is 1090 g/mol. The molecule has 0 saturated heterocycles. The Balaban J connectivity index is 0.000000205. The van der Waals surface area contributed by atoms with Crippen LogP contribution in [0.3, 0.4) is 0 Å². The van der Waals surface area contributed by atoms with Gasteiger partial charge in [-0.25, -0.2) is 0 Å². The summed E-state index contributed by atoms with van der Waals surface area (Å²) in [6.07, 6.45) is 4.02. The molecular formula is C57H54BCl2CuF4N4P4+4. The Hall–Kier alpha value is -5.22. The smallest absolute Gasteiger partial charge is 0.418 e. The van der Waals surface area contributed by atoms with Gasteiger partial charge < -0.3 is 26.4 Å². The van der Waals surface area contributed by atoms with E-state index in [1.54, 1.807) is 0 Å². The van der Waals surface area contributed by atoms with Crippen molar-refractivity contribution in [2.45, 2.75) is 0 Å². The zero-order valence-electron chi connectivity index (χ0n) is 39.9. The third-order valence-electron chi connectivity index (χ3n) is 11.3. The third kappa shape index (κ3) is 15.9. The Morgan fingerprint density at radius 2 is 0.493 bits per heavy atom. The zero-order chi connectivity index (χ0) is 50.7. The van der Waals surface area contributed by atoms with E-state index >= 15 is 0 Å². The van der Waals surface area contributed by atoms with Crippen molar-refractivity contribution >= 4 is 126 Å². The Bertz CT molecular complexity index is 2750. The summed E-state index contributed by atoms with van der Waals surface area (Å²) in [5.74, 6) is 0. The number of rotatable bonds is 12. The standard InChI is InChI=1S/2C28H24N2P2.CH2Cl2.BF4.Cu/c2*1-30-22-29-27(31(23-14-6-2-7-15-23)24-16-8-3-9-17-24)28(30)32(25-18-10-4-11-19-25)26-20-12-5-13-21-26;2-1-3;2-1(3,4)5;/h2*2-22H,1H3;1H2;;/q;;;-1;+1/p+4. The van der Waals surface area contributed by atoms with Crippen molar-refractivity contribution in [3.8, 4) is 0 Å². The average Bonchev–Trinajstić information content (AvgIpc) is 3.97. The number of hydrogen-bond acceptors (Lipinski definition) is 2. The quantitative estimate of drug-likeness (QED) is 0.0530. The van der Waals surface area contributed by atoms with Crippen molar-refractivity contribution in [2.24, 2.45) is 14.1 Å². The van der Waals surface area contributed by atoms with Crippen LogP contribution in [0.4, 0.5) is 17.3 Å². The van der Waals surface area contributed by atoms with Crippen LogP contribution in [0.25, 0.3) is 0 Å². The van der Waals surface area contributed by atoms with E-state index < -0.39 is 38.9 Å². The number of nitrogens with zero attached hydrogens (tertiary/aromatic N) is 4. The van der Waals surface area contributed by atoms with Crippen LogP contribution < -0.4 is 64.2 Å². The van der Waals surface area contributed by atoms with Crippen molar-refractivity contribution < 1.29 is 34.3 Å². The van der Waals surface area contributed by atoms with Gasteiger partial charge in [-0.05, 0) is 97.1 Å². The Morgan fingerprint density at radius 3 is 0.658 bits per heavy atom. The van der Waals surface area contributed by atoms with Crippen molar-refractivity contribution in [3.05, 3.63) is 255 Å². The molecule has 16 heteroatoms. The van der Waals surface area contributed by atoms with E-state index in [0.29, 0.717) is 0 Å². The number of aromatic nitrogens is 4. The van der Waals surface area contributed by atoms with Gasteiger partial charge in [-0.3, -0.25) is 0 Å². The summed E-state index contributed by atoms with van der Waals surface area (Å²) < 4.78 is 43.5. The topological polar surface area (TPSA) is 35.6 Å². The van der Waals surface area contributed by atoms with E-state index in [1.807, 2.05) is 12.7 Å². The van der Waals surface area contributed by atoms with Gasteiger partial charge in [0.05, 0.1) is 5.34 Å². The number of imidazole rings is 2. The van der Waals surface area contributed by atoms with E-state index in [-0.39, 0.29) is 22.4 Å². The monoisotopic (exact) mass is 1140 g/mol. The third-order valence-corrected chi connectivity index (χ3v) is 22.9. The fraction of sp³-hybridized carbons (Fsp3) is 0.0526. The number of benzene rings is 8. The molecule has 8 aromatic carbocycles. The maximum atomic E-state index is 9.75. The summed E-state index contributed by atoms with van der Waals surface area (Å²) in [4.78, 5) is 10.1. The van der Waals surface area contributed by atoms with Crippen LogP contribution in [0.5, 0.6) is 0 Å². The Kier molecular flexibility index (Phi) is 22.7. The average molecular weight is 1140 g/mol. The molecule has 0 spiro atoms. The number of halogens is 6. The molecule has 374 valence electrons. The van der Waals surface area contributed by atoms with Crippen molar-refractivity contribution in [3.63, 3.8) is 0 Å². The zero-order valence-corrected chi connectivity index (χ0v) is 46.3. The Labute approximate surface area is 451 Å². The van der Waals surface area contributed by atoms with Crippen LogP contribution >= 0.6 is 54.9 Å². The SMILES string of the molecule is ClCCl.Cn1cnc([PH+](c2ccccc2)c2ccccc2)c1[PH+](c1ccccc1)c1ccccc1.Cn1cnc([PH+](c2ccccc2)c2ccccc2)c1[PH+](c1ccccc1)c1ccccc1.F[B-](F)(F)F.[Cu+]. The second-order valence-corrected chi connectivity index (χ2v) is 26.5. The normalized spacial score (nSPS) is 10.9. The van der Waals surface area contributed by atoms with Crippen LogP contribution in [-0.4, -0.2) is 31.7 Å². The molecule has 2 heterocycles. The van der Waals surface area contributed by atoms with E-state index in [0.717, 1.165) is 0 Å². The van der Waals surface area contributed by atoms with Crippen molar-refractivity contribution in [2.75, 3.05) is 5.34 Å². The maximum Gasteiger partial charge on any atom is 1.00 e. The van der Waals surface area contributed by atoms with E-state index in [1.165, 1.54) is 64.2 Å². The minimum atomic E-state index is -6.00. The molecule has 0 radical (unpaired) electrons. The van der Waals surface area contributed by atoms with Crippen LogP contribution in [0.15, 0.2) is 255 Å². The van der Waals surface area contributed by atoms with Gasteiger partial charge in [0.1, 0.15) is 86.8 Å². The van der Waals surface area contributed by atoms with Gasteiger partial charge in [0, 0.05) is 14.1 Å². The van der Waals surface area contributed by atoms with Crippen molar-refractivity contribution in [1.82, 2.24) is 19.1 Å². The van der Waals surface area contributed by atoms with Gasteiger partial charge >= 0.3 is 24.3 Å². The first-order valence-corrected chi connectivity index (χ1v) is 30.1. The molecule has 0 aliphatic carbocycles. The molecule has 0 aliphatic heterocycles. The molecule has 0 fully saturated rings. The summed E-state index contributed by atoms with van der Waals surface area (Å²) in [5.41, 5.74) is 5.23. The number of aryl methyl sites for hydroxylation is 2. The van der Waals surface area contributed by atoms with Gasteiger partial charge in [-0.1, -0.05) is 146 Å². The van der Waals surface area contributed by atoms with E-state index in [4.69, 9.17) is 33.2 Å². The summed E-state index contributed by atoms with van der Waals surface area (Å²) in [6, 6.07) is 87.4. The molecule has 10 rings (SSSR count). The van der Waals surface area contributed by atoms with E-state index in [2.05, 4.69) is 266 Å². The summed E-state index contributed by atoms with van der Waals surface area (Å²) >= 11 is 9.53. The fourth-order valence-electron chi connectivity index (χ4n) is 8.41. The van der Waals surface area contributed by atoms with Crippen molar-refractivity contribution in [1.29, 1.82) is 0 Å². The molecule has 73 heavy (non-hydrogen) atoms. The maximum absolute atomic E-state index is 9.75. The number of alkyl halides is 2. The minimum absolute atomic E-state index is 0. The molecule has 2 aromatic heterocycles. The van der Waals surface area contributed by atoms with E-state index in [9.17, 15) is 17.3 Å². The van der Waals surface area contributed by atoms with Gasteiger partial charge in [0.25, 0.3) is 10.9 Å². The minimum Gasteiger partial charge on any atom is -0.418 e. The second-order valence-electron chi connectivity index (χ2n) is 16.1. The molecule has 0 saturated carbocycles. The summed E-state index contributed by atoms with van der Waals surface area (Å²) in [5, 5.41) is 11.2. The molecule has 0 aliphatic rings. The molecule has 0 bridgehead atoms. The molecule has 0 amide bonds. The predicted molar refractivity (Wildman–Crippen MR) is 314 cm³/mol. The first-order valence-electron chi connectivity index (χ1n) is 23.0. The first-order chi connectivity index (χ1) is 35.1. The van der Waals surface area contributed by atoms with Gasteiger partial charge in [0.2, 0.25) is 10.9 Å². The fourth-order valence-corrected chi connectivity index (χ4v) is 20.3. The molecule has 0 atom stereocenters. The molecule has 4 nitrogen and oxygen atoms in total. The summed E-state index contributed by atoms with van der Waals surface area (Å²) in [7, 11) is -6.65. The first kappa shape index (κ1) is 57.1. The van der Waals surface area contributed by atoms with Crippen LogP contribution in [0.2, 0.25) is 0 Å². The summed E-state index contributed by atoms with van der Waals surface area (Å²) in [6.45, 7) is 0. The molecule has 10 aromatic rings. The Morgan fingerprint density at radius 1 is 0.342 bits per heavy atom. The predicted octanol–water partition coefficient (Wildman–Crippen LogP) is 9.52. The van der Waals surface area contributed by atoms with Crippen LogP contribution in [0.1, 0.15) is 0 Å². The number of hydrogen-bond donors (Lipinski definition) is 0. The molecule has 0 N–H and O–H groups in total. The van der Waals surface area contributed by atoms with Gasteiger partial charge in [-0.15, -0.1) is 23.2 Å². The largest absolute Gasteiger partial charge is 1.00 e. The van der Waals surface area contributed by atoms with Crippen LogP contribution in [-0.2, 0) is 31.2 Å². The van der Waals surface area contributed by atoms with Gasteiger partial charge in [0.15, 0.2) is 0 Å². The molecule has 0 unspecified atom stereocenters. The van der Waals surface area contributed by atoms with Crippen LogP contribution in [0, 0.1) is 0 Å². The van der Waals surface area contributed by atoms with Gasteiger partial charge in [-0.2, -0.15) is 9.97 Å². The second kappa shape index (κ2) is 29.0.